The van der Waals surface area contributed by atoms with Gasteiger partial charge in [0.2, 0.25) is 0 Å². The van der Waals surface area contributed by atoms with Crippen molar-refractivity contribution in [3.63, 3.8) is 0 Å². The standard InChI is InChI=1S/C18H20N2O5/c1-13-17(22)19(18(23)20(13)14-6-3-2-4-7-14)10-15(21)11-24-12-16-8-5-9-25-16/h2-9,13,15,21H,10-12H2,1H3. The number of imide groups is 1. The van der Waals surface area contributed by atoms with Gasteiger partial charge in [0.1, 0.15) is 18.4 Å². The van der Waals surface area contributed by atoms with Gasteiger partial charge < -0.3 is 14.3 Å². The first-order valence-electron chi connectivity index (χ1n) is 8.05. The Labute approximate surface area is 145 Å². The Morgan fingerprint density at radius 2 is 1.96 bits per heavy atom. The molecule has 1 saturated heterocycles. The van der Waals surface area contributed by atoms with Gasteiger partial charge >= 0.3 is 6.03 Å². The van der Waals surface area contributed by atoms with Crippen molar-refractivity contribution in [3.8, 4) is 0 Å². The number of anilines is 1. The number of aliphatic hydroxyl groups excluding tert-OH is 1. The van der Waals surface area contributed by atoms with Gasteiger partial charge in [0, 0.05) is 5.69 Å². The first-order valence-corrected chi connectivity index (χ1v) is 8.05. The van der Waals surface area contributed by atoms with E-state index in [0.29, 0.717) is 11.4 Å². The first kappa shape index (κ1) is 17.2. The molecule has 7 nitrogen and oxygen atoms in total. The summed E-state index contributed by atoms with van der Waals surface area (Å²) in [6, 6.07) is 11.5. The number of furan rings is 1. The minimum Gasteiger partial charge on any atom is -0.467 e. The molecule has 0 bridgehead atoms. The molecule has 1 aliphatic heterocycles. The lowest BCUT2D eigenvalue weighted by molar-refractivity contribution is -0.128. The van der Waals surface area contributed by atoms with E-state index in [2.05, 4.69) is 0 Å². The number of hydrogen-bond donors (Lipinski definition) is 1. The van der Waals surface area contributed by atoms with Crippen LogP contribution in [0.4, 0.5) is 10.5 Å². The molecular weight excluding hydrogens is 324 g/mol. The molecule has 2 aromatic rings. The second-order valence-corrected chi connectivity index (χ2v) is 5.86. The summed E-state index contributed by atoms with van der Waals surface area (Å²) < 4.78 is 10.5. The van der Waals surface area contributed by atoms with Gasteiger partial charge in [0.05, 0.1) is 25.5 Å². The Hall–Kier alpha value is -2.64. The van der Waals surface area contributed by atoms with Crippen LogP contribution in [0.1, 0.15) is 12.7 Å². The third-order valence-electron chi connectivity index (χ3n) is 4.01. The van der Waals surface area contributed by atoms with E-state index in [-0.39, 0.29) is 25.7 Å². The van der Waals surface area contributed by atoms with Crippen molar-refractivity contribution in [3.05, 3.63) is 54.5 Å². The highest BCUT2D eigenvalue weighted by Crippen LogP contribution is 2.25. The number of benzene rings is 1. The number of urea groups is 1. The van der Waals surface area contributed by atoms with E-state index < -0.39 is 18.2 Å². The van der Waals surface area contributed by atoms with Gasteiger partial charge in [-0.05, 0) is 31.2 Å². The maximum Gasteiger partial charge on any atom is 0.332 e. The summed E-state index contributed by atoms with van der Waals surface area (Å²) in [5.74, 6) is 0.309. The fraction of sp³-hybridized carbons (Fsp3) is 0.333. The molecule has 1 fully saturated rings. The molecule has 25 heavy (non-hydrogen) atoms. The summed E-state index contributed by atoms with van der Waals surface area (Å²) in [5, 5.41) is 10.1. The molecule has 0 spiro atoms. The monoisotopic (exact) mass is 344 g/mol. The number of ether oxygens (including phenoxy) is 1. The van der Waals surface area contributed by atoms with Crippen molar-refractivity contribution in [2.24, 2.45) is 0 Å². The quantitative estimate of drug-likeness (QED) is 0.777. The van der Waals surface area contributed by atoms with Crippen LogP contribution in [0, 0.1) is 0 Å². The Bertz CT molecular complexity index is 716. The van der Waals surface area contributed by atoms with E-state index >= 15 is 0 Å². The lowest BCUT2D eigenvalue weighted by Crippen LogP contribution is -2.40. The van der Waals surface area contributed by atoms with Crippen LogP contribution in [-0.4, -0.2) is 47.2 Å². The SMILES string of the molecule is CC1C(=O)N(CC(O)COCc2ccco2)C(=O)N1c1ccccc1. The summed E-state index contributed by atoms with van der Waals surface area (Å²) in [6.07, 6.45) is 0.571. The molecule has 3 amide bonds. The van der Waals surface area contributed by atoms with E-state index in [9.17, 15) is 14.7 Å². The largest absolute Gasteiger partial charge is 0.467 e. The second kappa shape index (κ2) is 7.50. The van der Waals surface area contributed by atoms with Crippen molar-refractivity contribution < 1.29 is 23.8 Å². The molecule has 132 valence electrons. The Balaban J connectivity index is 1.58. The van der Waals surface area contributed by atoms with Crippen LogP contribution in [0.25, 0.3) is 0 Å². The van der Waals surface area contributed by atoms with Gasteiger partial charge in [-0.25, -0.2) is 4.79 Å². The molecule has 0 saturated carbocycles. The van der Waals surface area contributed by atoms with Crippen molar-refractivity contribution in [1.82, 2.24) is 4.90 Å². The topological polar surface area (TPSA) is 83.2 Å². The molecule has 1 aliphatic rings. The van der Waals surface area contributed by atoms with Crippen molar-refractivity contribution in [1.29, 1.82) is 0 Å². The van der Waals surface area contributed by atoms with E-state index in [4.69, 9.17) is 9.15 Å². The van der Waals surface area contributed by atoms with Crippen LogP contribution < -0.4 is 4.90 Å². The van der Waals surface area contributed by atoms with Gasteiger partial charge in [-0.2, -0.15) is 0 Å². The van der Waals surface area contributed by atoms with Crippen molar-refractivity contribution in [2.75, 3.05) is 18.1 Å². The lowest BCUT2D eigenvalue weighted by Gasteiger charge is -2.20. The predicted octanol–water partition coefficient (Wildman–Crippen LogP) is 2.01. The molecule has 1 aromatic heterocycles. The number of rotatable bonds is 7. The van der Waals surface area contributed by atoms with Gasteiger partial charge in [-0.15, -0.1) is 0 Å². The average Bonchev–Trinajstić information content (AvgIpc) is 3.19. The van der Waals surface area contributed by atoms with E-state index in [1.807, 2.05) is 6.07 Å². The van der Waals surface area contributed by atoms with E-state index in [1.54, 1.807) is 43.3 Å². The molecule has 0 radical (unpaired) electrons. The third-order valence-corrected chi connectivity index (χ3v) is 4.01. The van der Waals surface area contributed by atoms with Gasteiger partial charge in [-0.1, -0.05) is 18.2 Å². The summed E-state index contributed by atoms with van der Waals surface area (Å²) in [7, 11) is 0. The zero-order valence-corrected chi connectivity index (χ0v) is 13.9. The van der Waals surface area contributed by atoms with Gasteiger partial charge in [-0.3, -0.25) is 14.6 Å². The summed E-state index contributed by atoms with van der Waals surface area (Å²) >= 11 is 0. The summed E-state index contributed by atoms with van der Waals surface area (Å²) in [5.41, 5.74) is 0.652. The average molecular weight is 344 g/mol. The molecule has 2 atom stereocenters. The number of amides is 3. The highest BCUT2D eigenvalue weighted by molar-refractivity contribution is 6.14. The van der Waals surface area contributed by atoms with Crippen molar-refractivity contribution in [2.45, 2.75) is 25.7 Å². The zero-order valence-electron chi connectivity index (χ0n) is 13.9. The lowest BCUT2D eigenvalue weighted by atomic mass is 10.2. The Morgan fingerprint density at radius 1 is 1.20 bits per heavy atom. The number of nitrogens with zero attached hydrogens (tertiary/aromatic N) is 2. The fourth-order valence-electron chi connectivity index (χ4n) is 2.77. The number of carbonyl (C=O) groups is 2. The number of aliphatic hydroxyl groups is 1. The molecule has 2 heterocycles. The maximum atomic E-state index is 12.6. The first-order chi connectivity index (χ1) is 12.1. The van der Waals surface area contributed by atoms with Gasteiger partial charge in [0.25, 0.3) is 5.91 Å². The second-order valence-electron chi connectivity index (χ2n) is 5.86. The number of para-hydroxylation sites is 1. The number of carbonyl (C=O) groups excluding carboxylic acids is 2. The van der Waals surface area contributed by atoms with Crippen LogP contribution in [-0.2, 0) is 16.1 Å². The normalized spacial score (nSPS) is 18.9. The molecular formula is C18H20N2O5. The van der Waals surface area contributed by atoms with Crippen LogP contribution in [0.3, 0.4) is 0 Å². The number of hydrogen-bond acceptors (Lipinski definition) is 5. The summed E-state index contributed by atoms with van der Waals surface area (Å²) in [6.45, 7) is 1.78. The van der Waals surface area contributed by atoms with Gasteiger partial charge in [0.15, 0.2) is 0 Å². The van der Waals surface area contributed by atoms with E-state index in [0.717, 1.165) is 4.90 Å². The maximum absolute atomic E-state index is 12.6. The molecule has 3 rings (SSSR count). The minimum absolute atomic E-state index is 0.00250. The Kier molecular flexibility index (Phi) is 5.16. The smallest absolute Gasteiger partial charge is 0.332 e. The minimum atomic E-state index is -0.967. The van der Waals surface area contributed by atoms with E-state index in [1.165, 1.54) is 11.2 Å². The fourth-order valence-corrected chi connectivity index (χ4v) is 2.77. The predicted molar refractivity (Wildman–Crippen MR) is 89.9 cm³/mol. The van der Waals surface area contributed by atoms with Crippen LogP contribution >= 0.6 is 0 Å². The van der Waals surface area contributed by atoms with Crippen LogP contribution in [0.15, 0.2) is 53.1 Å². The molecule has 0 aliphatic carbocycles. The Morgan fingerprint density at radius 3 is 2.64 bits per heavy atom. The third kappa shape index (κ3) is 3.72. The van der Waals surface area contributed by atoms with Crippen LogP contribution in [0.2, 0.25) is 0 Å². The van der Waals surface area contributed by atoms with Crippen LogP contribution in [0.5, 0.6) is 0 Å². The molecule has 1 aromatic carbocycles. The molecule has 7 heteroatoms. The highest BCUT2D eigenvalue weighted by Gasteiger charge is 2.43. The highest BCUT2D eigenvalue weighted by atomic mass is 16.5. The zero-order chi connectivity index (χ0) is 17.8. The molecule has 1 N–H and O–H groups in total. The molecule has 2 unspecified atom stereocenters. The number of β-amino-alcohol motifs (C(OH)–C–C–N with tert-alkyl or cyclic N) is 1. The van der Waals surface area contributed by atoms with Crippen molar-refractivity contribution >= 4 is 17.6 Å². The summed E-state index contributed by atoms with van der Waals surface area (Å²) in [4.78, 5) is 27.5.